The highest BCUT2D eigenvalue weighted by atomic mass is 16.2. The number of hydrogen-bond donors (Lipinski definition) is 2. The predicted molar refractivity (Wildman–Crippen MR) is 97.0 cm³/mol. The molecule has 1 fully saturated rings. The fourth-order valence-corrected chi connectivity index (χ4v) is 3.41. The number of carbonyl (C=O) groups excluding carboxylic acids is 2. The van der Waals surface area contributed by atoms with Gasteiger partial charge in [0, 0.05) is 36.9 Å². The van der Waals surface area contributed by atoms with E-state index in [2.05, 4.69) is 24.3 Å². The molecule has 140 valence electrons. The maximum absolute atomic E-state index is 12.4. The second-order valence-corrected chi connectivity index (χ2v) is 7.49. The third-order valence-electron chi connectivity index (χ3n) is 4.74. The van der Waals surface area contributed by atoms with E-state index in [1.54, 1.807) is 0 Å². The number of carbonyl (C=O) groups is 2. The molecular weight excluding hydrogens is 318 g/mol. The van der Waals surface area contributed by atoms with E-state index in [9.17, 15) is 9.59 Å². The normalized spacial score (nSPS) is 16.4. The van der Waals surface area contributed by atoms with Crippen LogP contribution in [0.25, 0.3) is 0 Å². The van der Waals surface area contributed by atoms with Crippen molar-refractivity contribution in [1.29, 1.82) is 0 Å². The van der Waals surface area contributed by atoms with E-state index < -0.39 is 0 Å². The summed E-state index contributed by atoms with van der Waals surface area (Å²) >= 11 is 0. The van der Waals surface area contributed by atoms with E-state index in [0.29, 0.717) is 18.9 Å². The number of hydrogen-bond acceptors (Lipinski definition) is 4. The van der Waals surface area contributed by atoms with Gasteiger partial charge in [-0.3, -0.25) is 19.2 Å². The lowest BCUT2D eigenvalue weighted by Gasteiger charge is -2.31. The van der Waals surface area contributed by atoms with Crippen molar-refractivity contribution in [2.45, 2.75) is 59.5 Å². The summed E-state index contributed by atoms with van der Waals surface area (Å²) in [5.74, 6) is 0.265. The van der Waals surface area contributed by atoms with Crippen molar-refractivity contribution >= 4 is 11.8 Å². The second-order valence-electron chi connectivity index (χ2n) is 7.49. The second kappa shape index (κ2) is 8.47. The number of likely N-dealkylation sites (tertiary alicyclic amines) is 1. The molecule has 0 aromatic carbocycles. The molecule has 2 amide bonds. The van der Waals surface area contributed by atoms with Crippen LogP contribution in [-0.2, 0) is 22.6 Å². The van der Waals surface area contributed by atoms with Crippen molar-refractivity contribution in [2.75, 3.05) is 19.6 Å². The Morgan fingerprint density at radius 1 is 1.28 bits per heavy atom. The summed E-state index contributed by atoms with van der Waals surface area (Å²) in [5, 5.41) is 7.70. The first-order valence-corrected chi connectivity index (χ1v) is 9.09. The van der Waals surface area contributed by atoms with Crippen LogP contribution in [0.15, 0.2) is 0 Å². The van der Waals surface area contributed by atoms with Gasteiger partial charge >= 0.3 is 0 Å². The molecule has 0 saturated carbocycles. The topological polar surface area (TPSA) is 93.2 Å². The zero-order valence-electron chi connectivity index (χ0n) is 15.8. The molecule has 1 saturated heterocycles. The van der Waals surface area contributed by atoms with Crippen LogP contribution in [0.2, 0.25) is 0 Å². The van der Waals surface area contributed by atoms with Crippen LogP contribution < -0.4 is 11.1 Å². The first-order chi connectivity index (χ1) is 11.8. The van der Waals surface area contributed by atoms with Crippen LogP contribution >= 0.6 is 0 Å². The van der Waals surface area contributed by atoms with E-state index >= 15 is 0 Å². The SMILES string of the molecule is Cc1nn(CC(C)C)c(C)c1CC(=O)NC1CCN(CC(N)=O)CC1. The quantitative estimate of drug-likeness (QED) is 0.760. The average Bonchev–Trinajstić information content (AvgIpc) is 2.75. The van der Waals surface area contributed by atoms with Gasteiger partial charge in [0.05, 0.1) is 18.7 Å². The number of amides is 2. The summed E-state index contributed by atoms with van der Waals surface area (Å²) in [5.41, 5.74) is 8.27. The highest BCUT2D eigenvalue weighted by Gasteiger charge is 2.22. The lowest BCUT2D eigenvalue weighted by Crippen LogP contribution is -2.47. The van der Waals surface area contributed by atoms with Gasteiger partial charge < -0.3 is 11.1 Å². The molecule has 1 aliphatic rings. The molecule has 7 nitrogen and oxygen atoms in total. The number of nitrogens with zero attached hydrogens (tertiary/aromatic N) is 3. The highest BCUT2D eigenvalue weighted by molar-refractivity contribution is 5.79. The largest absolute Gasteiger partial charge is 0.369 e. The molecule has 1 aliphatic heterocycles. The van der Waals surface area contributed by atoms with E-state index in [-0.39, 0.29) is 17.9 Å². The van der Waals surface area contributed by atoms with E-state index in [4.69, 9.17) is 5.73 Å². The minimum absolute atomic E-state index is 0.0450. The molecule has 1 aromatic rings. The smallest absolute Gasteiger partial charge is 0.231 e. The zero-order valence-corrected chi connectivity index (χ0v) is 15.8. The minimum Gasteiger partial charge on any atom is -0.369 e. The molecule has 0 spiro atoms. The average molecular weight is 349 g/mol. The third kappa shape index (κ3) is 5.56. The van der Waals surface area contributed by atoms with Crippen LogP contribution in [0, 0.1) is 19.8 Å². The van der Waals surface area contributed by atoms with Crippen molar-refractivity contribution in [3.8, 4) is 0 Å². The highest BCUT2D eigenvalue weighted by Crippen LogP contribution is 2.16. The van der Waals surface area contributed by atoms with Crippen molar-refractivity contribution in [2.24, 2.45) is 11.7 Å². The molecule has 25 heavy (non-hydrogen) atoms. The minimum atomic E-state index is -0.299. The van der Waals surface area contributed by atoms with Crippen LogP contribution in [0.5, 0.6) is 0 Å². The van der Waals surface area contributed by atoms with Crippen molar-refractivity contribution < 1.29 is 9.59 Å². The van der Waals surface area contributed by atoms with Gasteiger partial charge in [0.1, 0.15) is 0 Å². The number of rotatable bonds is 7. The number of nitrogens with two attached hydrogens (primary N) is 1. The first-order valence-electron chi connectivity index (χ1n) is 9.09. The summed E-state index contributed by atoms with van der Waals surface area (Å²) in [6.45, 7) is 11.1. The Balaban J connectivity index is 1.87. The van der Waals surface area contributed by atoms with Crippen molar-refractivity contribution in [1.82, 2.24) is 20.0 Å². The molecule has 1 aromatic heterocycles. The Hall–Kier alpha value is -1.89. The molecule has 3 N–H and O–H groups in total. The van der Waals surface area contributed by atoms with Gasteiger partial charge in [0.25, 0.3) is 0 Å². The lowest BCUT2D eigenvalue weighted by molar-refractivity contribution is -0.122. The summed E-state index contributed by atoms with van der Waals surface area (Å²) in [6, 6.07) is 0.169. The standard InChI is InChI=1S/C18H31N5O2/c1-12(2)10-23-14(4)16(13(3)21-23)9-18(25)20-15-5-7-22(8-6-15)11-17(19)24/h12,15H,5-11H2,1-4H3,(H2,19,24)(H,20,25). The van der Waals surface area contributed by atoms with Gasteiger partial charge in [-0.15, -0.1) is 0 Å². The van der Waals surface area contributed by atoms with Crippen molar-refractivity contribution in [3.05, 3.63) is 17.0 Å². The number of aromatic nitrogens is 2. The molecule has 0 atom stereocenters. The van der Waals surface area contributed by atoms with Gasteiger partial charge in [-0.2, -0.15) is 5.10 Å². The summed E-state index contributed by atoms with van der Waals surface area (Å²) < 4.78 is 2.00. The molecule has 0 unspecified atom stereocenters. The van der Waals surface area contributed by atoms with Crippen LogP contribution in [0.3, 0.4) is 0 Å². The summed E-state index contributed by atoms with van der Waals surface area (Å²) in [4.78, 5) is 25.4. The van der Waals surface area contributed by atoms with Gasteiger partial charge in [0.2, 0.25) is 11.8 Å². The summed E-state index contributed by atoms with van der Waals surface area (Å²) in [7, 11) is 0. The summed E-state index contributed by atoms with van der Waals surface area (Å²) in [6.07, 6.45) is 2.07. The van der Waals surface area contributed by atoms with Crippen molar-refractivity contribution in [3.63, 3.8) is 0 Å². The maximum atomic E-state index is 12.4. The molecule has 0 radical (unpaired) electrons. The fraction of sp³-hybridized carbons (Fsp3) is 0.722. The monoisotopic (exact) mass is 349 g/mol. The fourth-order valence-electron chi connectivity index (χ4n) is 3.41. The van der Waals surface area contributed by atoms with E-state index in [1.165, 1.54) is 0 Å². The molecule has 2 heterocycles. The Morgan fingerprint density at radius 2 is 1.92 bits per heavy atom. The lowest BCUT2D eigenvalue weighted by atomic mass is 10.0. The van der Waals surface area contributed by atoms with Crippen LogP contribution in [-0.4, -0.2) is 52.2 Å². The molecule has 0 bridgehead atoms. The van der Waals surface area contributed by atoms with E-state index in [1.807, 2.05) is 23.4 Å². The molecular formula is C18H31N5O2. The number of nitrogens with one attached hydrogen (secondary N) is 1. The van der Waals surface area contributed by atoms with Gasteiger partial charge in [-0.05, 0) is 32.6 Å². The first kappa shape index (κ1) is 19.4. The van der Waals surface area contributed by atoms with Crippen LogP contribution in [0.1, 0.15) is 43.6 Å². The molecule has 7 heteroatoms. The Morgan fingerprint density at radius 3 is 2.48 bits per heavy atom. The predicted octanol–water partition coefficient (Wildman–Crippen LogP) is 0.764. The van der Waals surface area contributed by atoms with Gasteiger partial charge in [-0.1, -0.05) is 13.8 Å². The number of aryl methyl sites for hydroxylation is 1. The zero-order chi connectivity index (χ0) is 18.6. The Bertz CT molecular complexity index is 615. The van der Waals surface area contributed by atoms with Gasteiger partial charge in [-0.25, -0.2) is 0 Å². The number of piperidine rings is 1. The molecule has 2 rings (SSSR count). The van der Waals surface area contributed by atoms with Gasteiger partial charge in [0.15, 0.2) is 0 Å². The Kier molecular flexibility index (Phi) is 6.58. The Labute approximate surface area is 149 Å². The van der Waals surface area contributed by atoms with E-state index in [0.717, 1.165) is 49.4 Å². The molecule has 0 aliphatic carbocycles. The van der Waals surface area contributed by atoms with Crippen LogP contribution in [0.4, 0.5) is 0 Å². The maximum Gasteiger partial charge on any atom is 0.231 e. The number of primary amides is 1. The third-order valence-corrected chi connectivity index (χ3v) is 4.74.